The lowest BCUT2D eigenvalue weighted by Gasteiger charge is -2.13. The third kappa shape index (κ3) is 2.73. The quantitative estimate of drug-likeness (QED) is 0.720. The summed E-state index contributed by atoms with van der Waals surface area (Å²) >= 11 is 0. The number of allylic oxidation sites excluding steroid dienone is 1. The third-order valence-corrected chi connectivity index (χ3v) is 3.81. The Kier molecular flexibility index (Phi) is 3.57. The molecular weight excluding hydrogens is 254 g/mol. The van der Waals surface area contributed by atoms with Crippen molar-refractivity contribution >= 4 is 12.3 Å². The lowest BCUT2D eigenvalue weighted by molar-refractivity contribution is 0.933. The second-order valence-electron chi connectivity index (χ2n) is 5.55. The molecule has 0 spiro atoms. The number of rotatable bonds is 3. The summed E-state index contributed by atoms with van der Waals surface area (Å²) < 4.78 is 0. The van der Waals surface area contributed by atoms with Gasteiger partial charge in [0.1, 0.15) is 0 Å². The van der Waals surface area contributed by atoms with E-state index in [1.807, 2.05) is 18.4 Å². The van der Waals surface area contributed by atoms with Gasteiger partial charge in [0.05, 0.1) is 6.04 Å². The SMILES string of the molecule is C=Cc1ccc(-c2cc(C)cc(C)c2)cc1C1C=CC=N1. The van der Waals surface area contributed by atoms with Crippen molar-refractivity contribution in [2.24, 2.45) is 4.99 Å². The van der Waals surface area contributed by atoms with Crippen molar-refractivity contribution < 1.29 is 0 Å². The molecule has 2 aromatic rings. The van der Waals surface area contributed by atoms with E-state index in [0.717, 1.165) is 5.56 Å². The van der Waals surface area contributed by atoms with E-state index in [1.54, 1.807) is 0 Å². The Morgan fingerprint density at radius 1 is 1.00 bits per heavy atom. The highest BCUT2D eigenvalue weighted by atomic mass is 14.8. The molecule has 0 fully saturated rings. The summed E-state index contributed by atoms with van der Waals surface area (Å²) in [5.41, 5.74) is 7.44. The Bertz CT molecular complexity index is 718. The zero-order valence-corrected chi connectivity index (χ0v) is 12.5. The Morgan fingerprint density at radius 3 is 2.38 bits per heavy atom. The summed E-state index contributed by atoms with van der Waals surface area (Å²) in [6.45, 7) is 8.19. The number of benzene rings is 2. The molecule has 2 aromatic carbocycles. The first-order valence-electron chi connectivity index (χ1n) is 7.22. The molecule has 3 rings (SSSR count). The van der Waals surface area contributed by atoms with E-state index in [-0.39, 0.29) is 6.04 Å². The highest BCUT2D eigenvalue weighted by molar-refractivity contribution is 5.76. The van der Waals surface area contributed by atoms with Crippen molar-refractivity contribution in [3.05, 3.63) is 77.4 Å². The van der Waals surface area contributed by atoms with Crippen LogP contribution in [0.15, 0.2) is 60.1 Å². The Labute approximate surface area is 126 Å². The van der Waals surface area contributed by atoms with Crippen molar-refractivity contribution in [3.8, 4) is 11.1 Å². The van der Waals surface area contributed by atoms with E-state index in [1.165, 1.54) is 27.8 Å². The standard InChI is InChI=1S/C20H19N/c1-4-16-7-8-17(13-19(16)20-6-5-9-21-20)18-11-14(2)10-15(3)12-18/h4-13,20H,1H2,2-3H3. The van der Waals surface area contributed by atoms with E-state index < -0.39 is 0 Å². The number of hydrogen-bond acceptors (Lipinski definition) is 1. The fraction of sp³-hybridized carbons (Fsp3) is 0.150. The smallest absolute Gasteiger partial charge is 0.0939 e. The monoisotopic (exact) mass is 273 g/mol. The second kappa shape index (κ2) is 5.53. The molecule has 0 amide bonds. The first-order valence-corrected chi connectivity index (χ1v) is 7.22. The van der Waals surface area contributed by atoms with Crippen molar-refractivity contribution in [2.45, 2.75) is 19.9 Å². The van der Waals surface area contributed by atoms with Crippen LogP contribution in [0.4, 0.5) is 0 Å². The molecule has 0 radical (unpaired) electrons. The zero-order chi connectivity index (χ0) is 14.8. The number of hydrogen-bond donors (Lipinski definition) is 0. The fourth-order valence-electron chi connectivity index (χ4n) is 2.87. The summed E-state index contributed by atoms with van der Waals surface area (Å²) in [7, 11) is 0. The predicted molar refractivity (Wildman–Crippen MR) is 91.8 cm³/mol. The molecule has 0 bridgehead atoms. The minimum absolute atomic E-state index is 0.115. The van der Waals surface area contributed by atoms with Crippen molar-refractivity contribution in [1.82, 2.24) is 0 Å². The van der Waals surface area contributed by atoms with Gasteiger partial charge in [-0.25, -0.2) is 0 Å². The van der Waals surface area contributed by atoms with Crippen LogP contribution in [-0.2, 0) is 0 Å². The molecule has 1 aliphatic rings. The van der Waals surface area contributed by atoms with Gasteiger partial charge in [0, 0.05) is 6.21 Å². The number of aliphatic imine (C=N–C) groups is 1. The third-order valence-electron chi connectivity index (χ3n) is 3.81. The van der Waals surface area contributed by atoms with Crippen LogP contribution in [0.2, 0.25) is 0 Å². The Hall–Kier alpha value is -2.41. The second-order valence-corrected chi connectivity index (χ2v) is 5.55. The van der Waals surface area contributed by atoms with Crippen LogP contribution in [0.3, 0.4) is 0 Å². The maximum Gasteiger partial charge on any atom is 0.0939 e. The van der Waals surface area contributed by atoms with Crippen LogP contribution in [0.25, 0.3) is 17.2 Å². The van der Waals surface area contributed by atoms with Gasteiger partial charge in [0.25, 0.3) is 0 Å². The summed E-state index contributed by atoms with van der Waals surface area (Å²) in [5.74, 6) is 0. The fourth-order valence-corrected chi connectivity index (χ4v) is 2.87. The lowest BCUT2D eigenvalue weighted by Crippen LogP contribution is -1.94. The van der Waals surface area contributed by atoms with Gasteiger partial charge in [-0.1, -0.05) is 60.2 Å². The van der Waals surface area contributed by atoms with E-state index in [9.17, 15) is 0 Å². The summed E-state index contributed by atoms with van der Waals surface area (Å²) in [5, 5.41) is 0. The maximum atomic E-state index is 4.50. The average molecular weight is 273 g/mol. The van der Waals surface area contributed by atoms with Crippen LogP contribution in [0.5, 0.6) is 0 Å². The summed E-state index contributed by atoms with van der Waals surface area (Å²) in [6, 6.07) is 13.3. The van der Waals surface area contributed by atoms with Gasteiger partial charge in [-0.05, 0) is 48.2 Å². The van der Waals surface area contributed by atoms with Crippen LogP contribution in [-0.4, -0.2) is 6.21 Å². The normalized spacial score (nSPS) is 16.4. The van der Waals surface area contributed by atoms with E-state index in [4.69, 9.17) is 0 Å². The van der Waals surface area contributed by atoms with Gasteiger partial charge in [-0.15, -0.1) is 0 Å². The maximum absolute atomic E-state index is 4.50. The van der Waals surface area contributed by atoms with Crippen molar-refractivity contribution in [2.75, 3.05) is 0 Å². The summed E-state index contributed by atoms with van der Waals surface area (Å²) in [6.07, 6.45) is 7.89. The highest BCUT2D eigenvalue weighted by Gasteiger charge is 2.13. The number of aryl methyl sites for hydroxylation is 2. The van der Waals surface area contributed by atoms with Crippen molar-refractivity contribution in [1.29, 1.82) is 0 Å². The van der Waals surface area contributed by atoms with Crippen LogP contribution >= 0.6 is 0 Å². The van der Waals surface area contributed by atoms with Gasteiger partial charge in [0.2, 0.25) is 0 Å². The molecular formula is C20H19N. The Morgan fingerprint density at radius 2 is 1.76 bits per heavy atom. The van der Waals surface area contributed by atoms with Crippen LogP contribution < -0.4 is 0 Å². The minimum Gasteiger partial charge on any atom is -0.281 e. The molecule has 1 nitrogen and oxygen atoms in total. The average Bonchev–Trinajstić information content (AvgIpc) is 2.99. The largest absolute Gasteiger partial charge is 0.281 e. The minimum atomic E-state index is 0.115. The molecule has 1 unspecified atom stereocenters. The first-order chi connectivity index (χ1) is 10.2. The first kappa shape index (κ1) is 13.6. The molecule has 104 valence electrons. The van der Waals surface area contributed by atoms with E-state index >= 15 is 0 Å². The molecule has 0 aliphatic carbocycles. The van der Waals surface area contributed by atoms with Crippen molar-refractivity contribution in [3.63, 3.8) is 0 Å². The van der Waals surface area contributed by atoms with Gasteiger partial charge in [-0.3, -0.25) is 4.99 Å². The molecule has 1 heteroatoms. The van der Waals surface area contributed by atoms with Gasteiger partial charge in [-0.2, -0.15) is 0 Å². The molecule has 0 aromatic heterocycles. The molecule has 21 heavy (non-hydrogen) atoms. The molecule has 1 heterocycles. The molecule has 1 aliphatic heterocycles. The molecule has 1 atom stereocenters. The van der Waals surface area contributed by atoms with Gasteiger partial charge < -0.3 is 0 Å². The summed E-state index contributed by atoms with van der Waals surface area (Å²) in [4.78, 5) is 4.50. The Balaban J connectivity index is 2.11. The zero-order valence-electron chi connectivity index (χ0n) is 12.5. The lowest BCUT2D eigenvalue weighted by atomic mass is 9.94. The topological polar surface area (TPSA) is 12.4 Å². The van der Waals surface area contributed by atoms with E-state index in [2.05, 4.69) is 67.9 Å². The van der Waals surface area contributed by atoms with Crippen LogP contribution in [0.1, 0.15) is 28.3 Å². The molecule has 0 saturated carbocycles. The van der Waals surface area contributed by atoms with Gasteiger partial charge >= 0.3 is 0 Å². The number of nitrogens with zero attached hydrogens (tertiary/aromatic N) is 1. The molecule has 0 saturated heterocycles. The molecule has 0 N–H and O–H groups in total. The van der Waals surface area contributed by atoms with E-state index in [0.29, 0.717) is 0 Å². The highest BCUT2D eigenvalue weighted by Crippen LogP contribution is 2.31. The van der Waals surface area contributed by atoms with Crippen LogP contribution in [0, 0.1) is 13.8 Å². The predicted octanol–water partition coefficient (Wildman–Crippen LogP) is 5.30. The van der Waals surface area contributed by atoms with Gasteiger partial charge in [0.15, 0.2) is 0 Å².